The lowest BCUT2D eigenvalue weighted by Gasteiger charge is -2.26. The maximum Gasteiger partial charge on any atom is 0.218 e. The normalized spacial score (nSPS) is 28.1. The van der Waals surface area contributed by atoms with Crippen LogP contribution in [0.3, 0.4) is 0 Å². The van der Waals surface area contributed by atoms with Crippen LogP contribution in [-0.4, -0.2) is 47.0 Å². The van der Waals surface area contributed by atoms with E-state index < -0.39 is 5.60 Å². The molecule has 0 radical (unpaired) electrons. The Balaban J connectivity index is 1.97. The Labute approximate surface area is 100.0 Å². The van der Waals surface area contributed by atoms with Gasteiger partial charge in [-0.05, 0) is 6.92 Å². The van der Waals surface area contributed by atoms with Crippen molar-refractivity contribution in [3.8, 4) is 5.88 Å². The van der Waals surface area contributed by atoms with Crippen LogP contribution in [0.1, 0.15) is 13.3 Å². The minimum absolute atomic E-state index is 0.168. The minimum Gasteiger partial charge on any atom is -0.481 e. The van der Waals surface area contributed by atoms with Gasteiger partial charge in [0.1, 0.15) is 17.7 Å². The molecule has 0 aromatic carbocycles. The second kappa shape index (κ2) is 4.85. The Morgan fingerprint density at radius 2 is 2.47 bits per heavy atom. The van der Waals surface area contributed by atoms with Crippen LogP contribution >= 0.6 is 0 Å². The molecule has 17 heavy (non-hydrogen) atoms. The van der Waals surface area contributed by atoms with Crippen molar-refractivity contribution in [1.82, 2.24) is 9.97 Å². The van der Waals surface area contributed by atoms with Crippen molar-refractivity contribution < 1.29 is 14.6 Å². The molecule has 1 aliphatic rings. The number of hydrogen-bond acceptors (Lipinski definition) is 6. The van der Waals surface area contributed by atoms with Crippen molar-refractivity contribution in [2.24, 2.45) is 0 Å². The van der Waals surface area contributed by atoms with Crippen molar-refractivity contribution in [2.45, 2.75) is 25.0 Å². The minimum atomic E-state index is -0.835. The van der Waals surface area contributed by atoms with Gasteiger partial charge in [0.2, 0.25) is 5.88 Å². The Hall–Kier alpha value is -1.40. The average molecular weight is 239 g/mol. The molecule has 0 amide bonds. The summed E-state index contributed by atoms with van der Waals surface area (Å²) in [6.45, 7) is 2.86. The second-order valence-electron chi connectivity index (χ2n) is 4.17. The summed E-state index contributed by atoms with van der Waals surface area (Å²) in [6.07, 6.45) is 1.88. The van der Waals surface area contributed by atoms with Gasteiger partial charge in [-0.1, -0.05) is 0 Å². The molecule has 0 bridgehead atoms. The van der Waals surface area contributed by atoms with Crippen LogP contribution in [0.2, 0.25) is 0 Å². The molecule has 1 saturated heterocycles. The molecule has 1 fully saturated rings. The molecule has 2 atom stereocenters. The first-order chi connectivity index (χ1) is 8.14. The number of methoxy groups -OCH3 is 1. The first-order valence-electron chi connectivity index (χ1n) is 5.58. The van der Waals surface area contributed by atoms with Crippen molar-refractivity contribution >= 4 is 5.82 Å². The van der Waals surface area contributed by atoms with E-state index in [4.69, 9.17) is 9.47 Å². The van der Waals surface area contributed by atoms with E-state index in [1.807, 2.05) is 6.92 Å². The summed E-state index contributed by atoms with van der Waals surface area (Å²) in [6, 6.07) is 1.68. The van der Waals surface area contributed by atoms with Gasteiger partial charge in [0, 0.05) is 25.6 Å². The lowest BCUT2D eigenvalue weighted by atomic mass is 9.97. The van der Waals surface area contributed by atoms with Crippen LogP contribution in [0.4, 0.5) is 5.82 Å². The van der Waals surface area contributed by atoms with Gasteiger partial charge in [-0.25, -0.2) is 9.97 Å². The van der Waals surface area contributed by atoms with Crippen LogP contribution in [0.5, 0.6) is 5.88 Å². The fourth-order valence-electron chi connectivity index (χ4n) is 1.79. The molecule has 6 nitrogen and oxygen atoms in total. The molecule has 1 aliphatic heterocycles. The number of nitrogens with zero attached hydrogens (tertiary/aromatic N) is 2. The fraction of sp³-hybridized carbons (Fsp3) is 0.636. The van der Waals surface area contributed by atoms with Crippen LogP contribution in [0, 0.1) is 0 Å². The van der Waals surface area contributed by atoms with Crippen molar-refractivity contribution in [1.29, 1.82) is 0 Å². The third kappa shape index (κ3) is 2.65. The van der Waals surface area contributed by atoms with E-state index in [0.717, 1.165) is 0 Å². The van der Waals surface area contributed by atoms with Crippen molar-refractivity contribution in [2.75, 3.05) is 25.6 Å². The Morgan fingerprint density at radius 1 is 1.65 bits per heavy atom. The van der Waals surface area contributed by atoms with Gasteiger partial charge in [-0.15, -0.1) is 0 Å². The lowest BCUT2D eigenvalue weighted by Crippen LogP contribution is -2.43. The smallest absolute Gasteiger partial charge is 0.218 e. The molecule has 2 rings (SSSR count). The molecule has 1 aromatic rings. The number of aromatic nitrogens is 2. The molecule has 0 aliphatic carbocycles. The molecule has 2 heterocycles. The molecule has 6 heteroatoms. The highest BCUT2D eigenvalue weighted by Gasteiger charge is 2.39. The Kier molecular flexibility index (Phi) is 3.44. The van der Waals surface area contributed by atoms with Crippen molar-refractivity contribution in [3.63, 3.8) is 0 Å². The van der Waals surface area contributed by atoms with Crippen LogP contribution in [-0.2, 0) is 4.74 Å². The first-order valence-corrected chi connectivity index (χ1v) is 5.58. The zero-order valence-electron chi connectivity index (χ0n) is 10.0. The van der Waals surface area contributed by atoms with Gasteiger partial charge in [-0.3, -0.25) is 0 Å². The summed E-state index contributed by atoms with van der Waals surface area (Å²) < 4.78 is 10.3. The number of hydrogen-bond donors (Lipinski definition) is 2. The van der Waals surface area contributed by atoms with Crippen molar-refractivity contribution in [3.05, 3.63) is 12.4 Å². The van der Waals surface area contributed by atoms with Gasteiger partial charge in [0.25, 0.3) is 0 Å². The summed E-state index contributed by atoms with van der Waals surface area (Å²) in [4.78, 5) is 7.96. The average Bonchev–Trinajstić information content (AvgIpc) is 2.68. The van der Waals surface area contributed by atoms with E-state index in [0.29, 0.717) is 31.3 Å². The number of anilines is 1. The Bertz CT molecular complexity index is 388. The van der Waals surface area contributed by atoms with E-state index in [1.54, 1.807) is 13.2 Å². The molecular weight excluding hydrogens is 222 g/mol. The molecule has 2 unspecified atom stereocenters. The third-order valence-corrected chi connectivity index (χ3v) is 3.09. The van der Waals surface area contributed by atoms with E-state index >= 15 is 0 Å². The monoisotopic (exact) mass is 239 g/mol. The van der Waals surface area contributed by atoms with E-state index in [1.165, 1.54) is 6.33 Å². The van der Waals surface area contributed by atoms with E-state index in [9.17, 15) is 5.11 Å². The predicted molar refractivity (Wildman–Crippen MR) is 62.1 cm³/mol. The topological polar surface area (TPSA) is 76.5 Å². The molecule has 94 valence electrons. The molecule has 1 aromatic heterocycles. The van der Waals surface area contributed by atoms with Gasteiger partial charge in [0.15, 0.2) is 0 Å². The standard InChI is InChI=1S/C11H17N3O3/c1-8-11(15,3-4-17-8)6-12-9-5-10(16-2)14-7-13-9/h5,7-8,15H,3-4,6H2,1-2H3,(H,12,13,14). The maximum atomic E-state index is 10.3. The highest BCUT2D eigenvalue weighted by Crippen LogP contribution is 2.26. The zero-order valence-corrected chi connectivity index (χ0v) is 10.0. The van der Waals surface area contributed by atoms with Gasteiger partial charge >= 0.3 is 0 Å². The van der Waals surface area contributed by atoms with Gasteiger partial charge in [0.05, 0.1) is 13.2 Å². The maximum absolute atomic E-state index is 10.3. The van der Waals surface area contributed by atoms with Crippen LogP contribution in [0.15, 0.2) is 12.4 Å². The molecule has 0 spiro atoms. The van der Waals surface area contributed by atoms with Crippen LogP contribution < -0.4 is 10.1 Å². The molecular formula is C11H17N3O3. The van der Waals surface area contributed by atoms with Gasteiger partial charge < -0.3 is 19.9 Å². The zero-order chi connectivity index (χ0) is 12.3. The number of aliphatic hydroxyl groups is 1. The van der Waals surface area contributed by atoms with E-state index in [-0.39, 0.29) is 6.10 Å². The Morgan fingerprint density at radius 3 is 3.12 bits per heavy atom. The SMILES string of the molecule is COc1cc(NCC2(O)CCOC2C)ncn1. The number of rotatable bonds is 4. The second-order valence-corrected chi connectivity index (χ2v) is 4.17. The van der Waals surface area contributed by atoms with Gasteiger partial charge in [-0.2, -0.15) is 0 Å². The number of nitrogens with one attached hydrogen (secondary N) is 1. The quantitative estimate of drug-likeness (QED) is 0.794. The highest BCUT2D eigenvalue weighted by atomic mass is 16.5. The summed E-state index contributed by atoms with van der Waals surface area (Å²) in [7, 11) is 1.55. The van der Waals surface area contributed by atoms with Crippen LogP contribution in [0.25, 0.3) is 0 Å². The summed E-state index contributed by atoms with van der Waals surface area (Å²) in [5, 5.41) is 13.4. The summed E-state index contributed by atoms with van der Waals surface area (Å²) in [5.41, 5.74) is -0.835. The fourth-order valence-corrected chi connectivity index (χ4v) is 1.79. The summed E-state index contributed by atoms with van der Waals surface area (Å²) in [5.74, 6) is 1.12. The third-order valence-electron chi connectivity index (χ3n) is 3.09. The lowest BCUT2D eigenvalue weighted by molar-refractivity contribution is -0.0176. The largest absolute Gasteiger partial charge is 0.481 e. The predicted octanol–water partition coefficient (Wildman–Crippen LogP) is 0.437. The molecule has 2 N–H and O–H groups in total. The van der Waals surface area contributed by atoms with E-state index in [2.05, 4.69) is 15.3 Å². The molecule has 0 saturated carbocycles. The number of ether oxygens (including phenoxy) is 2. The summed E-state index contributed by atoms with van der Waals surface area (Å²) >= 11 is 0. The highest BCUT2D eigenvalue weighted by molar-refractivity contribution is 5.37. The first kappa shape index (κ1) is 12.1.